The van der Waals surface area contributed by atoms with Gasteiger partial charge in [-0.2, -0.15) is 0 Å². The summed E-state index contributed by atoms with van der Waals surface area (Å²) in [5.74, 6) is 0.395. The van der Waals surface area contributed by atoms with Crippen LogP contribution in [0.1, 0.15) is 57.9 Å². The molecule has 0 amide bonds. The summed E-state index contributed by atoms with van der Waals surface area (Å²) in [6, 6.07) is 6.14. The van der Waals surface area contributed by atoms with Crippen LogP contribution in [0.4, 0.5) is 10.3 Å². The maximum atomic E-state index is 13.6. The van der Waals surface area contributed by atoms with Crippen LogP contribution in [0.2, 0.25) is 0 Å². The van der Waals surface area contributed by atoms with E-state index in [1.54, 1.807) is 12.1 Å². The molecule has 2 unspecified atom stereocenters. The van der Waals surface area contributed by atoms with Crippen molar-refractivity contribution < 1.29 is 9.50 Å². The van der Waals surface area contributed by atoms with Gasteiger partial charge in [0.05, 0.1) is 17.5 Å². The molecule has 6 nitrogen and oxygen atoms in total. The second kappa shape index (κ2) is 11.4. The predicted octanol–water partition coefficient (Wildman–Crippen LogP) is 5.76. The zero-order valence-corrected chi connectivity index (χ0v) is 23.5. The van der Waals surface area contributed by atoms with E-state index in [2.05, 4.69) is 71.8 Å². The summed E-state index contributed by atoms with van der Waals surface area (Å²) < 4.78 is 13.6. The van der Waals surface area contributed by atoms with E-state index in [1.807, 2.05) is 0 Å². The van der Waals surface area contributed by atoms with Crippen molar-refractivity contribution >= 4 is 11.5 Å². The number of hydrogen-bond acceptors (Lipinski definition) is 6. The van der Waals surface area contributed by atoms with Gasteiger partial charge >= 0.3 is 0 Å². The van der Waals surface area contributed by atoms with Gasteiger partial charge in [0.25, 0.3) is 0 Å². The number of nitrogens with zero attached hydrogens (tertiary/aromatic N) is 4. The van der Waals surface area contributed by atoms with Gasteiger partial charge < -0.3 is 15.7 Å². The van der Waals surface area contributed by atoms with Crippen LogP contribution >= 0.6 is 0 Å². The molecule has 3 aliphatic rings. The van der Waals surface area contributed by atoms with Gasteiger partial charge in [-0.25, -0.2) is 14.4 Å². The van der Waals surface area contributed by atoms with Crippen LogP contribution in [-0.4, -0.2) is 57.6 Å². The summed E-state index contributed by atoms with van der Waals surface area (Å²) in [7, 11) is 0. The number of halogens is 1. The van der Waals surface area contributed by atoms with Crippen LogP contribution in [0, 0.1) is 17.7 Å². The number of nitrogen functional groups attached to an aromatic ring is 1. The van der Waals surface area contributed by atoms with E-state index in [4.69, 9.17) is 5.73 Å². The van der Waals surface area contributed by atoms with Crippen molar-refractivity contribution in [1.82, 2.24) is 19.8 Å². The van der Waals surface area contributed by atoms with Crippen LogP contribution < -0.4 is 5.73 Å². The lowest BCUT2D eigenvalue weighted by atomic mass is 9.84. The van der Waals surface area contributed by atoms with E-state index >= 15 is 0 Å². The maximum Gasteiger partial charge on any atom is 0.221 e. The first-order valence-electron chi connectivity index (χ1n) is 14.1. The third-order valence-corrected chi connectivity index (χ3v) is 8.06. The molecule has 0 radical (unpaired) electrons. The Morgan fingerprint density at radius 2 is 1.79 bits per heavy atom. The van der Waals surface area contributed by atoms with E-state index in [0.717, 1.165) is 55.9 Å². The van der Waals surface area contributed by atoms with Gasteiger partial charge in [-0.05, 0) is 72.7 Å². The molecule has 2 atom stereocenters. The van der Waals surface area contributed by atoms with Gasteiger partial charge in [0.2, 0.25) is 5.95 Å². The molecular formula is C32H40FN5O. The van der Waals surface area contributed by atoms with E-state index in [1.165, 1.54) is 17.8 Å². The fourth-order valence-corrected chi connectivity index (χ4v) is 6.17. The van der Waals surface area contributed by atoms with Crippen LogP contribution in [0.5, 0.6) is 0 Å². The number of benzene rings is 1. The quantitative estimate of drug-likeness (QED) is 0.445. The molecule has 2 aliphatic carbocycles. The van der Waals surface area contributed by atoms with E-state index < -0.39 is 6.10 Å². The third-order valence-electron chi connectivity index (χ3n) is 8.06. The molecule has 1 aromatic heterocycles. The molecule has 0 saturated carbocycles. The van der Waals surface area contributed by atoms with Gasteiger partial charge in [0.15, 0.2) is 0 Å². The highest BCUT2D eigenvalue weighted by atomic mass is 19.1. The number of fused-ring (bicyclic) bond motifs is 3. The number of allylic oxidation sites excluding steroid dienone is 7. The standard InChI is InChI=1S/C32H40FN5O/c1-5-24(38-17-15-37(16-18-38)19-20(2)3)14-9-21(4)25-7-6-8-26-27(25)30-28(31(26)39)29(35-32(34)36-30)22-10-12-23(33)13-11-22/h6-7,9-14,20,26,31,39H,5,8,15-19H2,1-4H3,(H2,34,35,36). The largest absolute Gasteiger partial charge is 0.388 e. The lowest BCUT2D eigenvalue weighted by Crippen LogP contribution is -2.46. The zero-order chi connectivity index (χ0) is 27.7. The highest BCUT2D eigenvalue weighted by Crippen LogP contribution is 2.52. The molecule has 39 heavy (non-hydrogen) atoms. The van der Waals surface area contributed by atoms with Crippen molar-refractivity contribution in [2.24, 2.45) is 11.8 Å². The number of aliphatic hydroxyl groups excluding tert-OH is 1. The Bertz CT molecular complexity index is 1330. The number of piperazine rings is 1. The molecule has 1 saturated heterocycles. The monoisotopic (exact) mass is 529 g/mol. The van der Waals surface area contributed by atoms with Crippen molar-refractivity contribution in [3.05, 3.63) is 82.5 Å². The van der Waals surface area contributed by atoms with Crippen LogP contribution in [0.15, 0.2) is 65.4 Å². The lowest BCUT2D eigenvalue weighted by Gasteiger charge is -2.37. The fourth-order valence-electron chi connectivity index (χ4n) is 6.17. The first-order valence-corrected chi connectivity index (χ1v) is 14.1. The molecule has 1 aromatic carbocycles. The van der Waals surface area contributed by atoms with E-state index in [9.17, 15) is 9.50 Å². The molecule has 5 rings (SSSR count). The summed E-state index contributed by atoms with van der Waals surface area (Å²) in [6.45, 7) is 14.4. The molecule has 206 valence electrons. The molecule has 1 aliphatic heterocycles. The summed E-state index contributed by atoms with van der Waals surface area (Å²) in [4.78, 5) is 14.2. The second-order valence-electron chi connectivity index (χ2n) is 11.3. The smallest absolute Gasteiger partial charge is 0.221 e. The van der Waals surface area contributed by atoms with Crippen molar-refractivity contribution in [3.63, 3.8) is 0 Å². The number of anilines is 1. The van der Waals surface area contributed by atoms with Gasteiger partial charge in [-0.1, -0.05) is 39.0 Å². The molecule has 2 aromatic rings. The number of nitrogens with two attached hydrogens (primary N) is 1. The molecule has 1 fully saturated rings. The Morgan fingerprint density at radius 3 is 2.46 bits per heavy atom. The molecule has 7 heteroatoms. The molecule has 2 heterocycles. The minimum atomic E-state index is -0.757. The first kappa shape index (κ1) is 27.3. The Labute approximate surface area is 231 Å². The molecule has 3 N–H and O–H groups in total. The van der Waals surface area contributed by atoms with Crippen LogP contribution in [-0.2, 0) is 0 Å². The lowest BCUT2D eigenvalue weighted by molar-refractivity contribution is 0.144. The zero-order valence-electron chi connectivity index (χ0n) is 23.5. The van der Waals surface area contributed by atoms with Gasteiger partial charge in [0.1, 0.15) is 5.82 Å². The molecular weight excluding hydrogens is 489 g/mol. The van der Waals surface area contributed by atoms with Crippen LogP contribution in [0.25, 0.3) is 16.8 Å². The van der Waals surface area contributed by atoms with Crippen molar-refractivity contribution in [2.75, 3.05) is 38.5 Å². The van der Waals surface area contributed by atoms with Crippen molar-refractivity contribution in [2.45, 2.75) is 46.6 Å². The molecule has 0 spiro atoms. The maximum absolute atomic E-state index is 13.6. The average Bonchev–Trinajstić information content (AvgIpc) is 3.21. The Balaban J connectivity index is 1.48. The number of hydrogen-bond donors (Lipinski definition) is 2. The summed E-state index contributed by atoms with van der Waals surface area (Å²) in [5.41, 5.74) is 13.4. The Kier molecular flexibility index (Phi) is 8.01. The predicted molar refractivity (Wildman–Crippen MR) is 156 cm³/mol. The third kappa shape index (κ3) is 5.56. The fraction of sp³-hybridized carbons (Fsp3) is 0.438. The SMILES string of the molecule is CCC(=CC=C(C)C1=C2c3nc(N)nc(-c4ccc(F)cc4)c3C(O)C2CC=C1)N1CCN(CC(C)C)CC1. The minimum absolute atomic E-state index is 0.123. The van der Waals surface area contributed by atoms with Gasteiger partial charge in [-0.3, -0.25) is 4.90 Å². The highest BCUT2D eigenvalue weighted by molar-refractivity contribution is 5.85. The van der Waals surface area contributed by atoms with Crippen LogP contribution in [0.3, 0.4) is 0 Å². The topological polar surface area (TPSA) is 78.5 Å². The van der Waals surface area contributed by atoms with E-state index in [-0.39, 0.29) is 17.7 Å². The van der Waals surface area contributed by atoms with Gasteiger partial charge in [0, 0.05) is 55.5 Å². The minimum Gasteiger partial charge on any atom is -0.388 e. The van der Waals surface area contributed by atoms with Gasteiger partial charge in [-0.15, -0.1) is 0 Å². The number of rotatable bonds is 7. The van der Waals surface area contributed by atoms with E-state index in [0.29, 0.717) is 34.9 Å². The average molecular weight is 530 g/mol. The highest BCUT2D eigenvalue weighted by Gasteiger charge is 2.41. The number of aliphatic hydroxyl groups is 1. The summed E-state index contributed by atoms with van der Waals surface area (Å²) in [5, 5.41) is 11.5. The Hall–Kier alpha value is -3.29. The number of aromatic nitrogens is 2. The second-order valence-corrected chi connectivity index (χ2v) is 11.3. The first-order chi connectivity index (χ1) is 18.8. The Morgan fingerprint density at radius 1 is 1.10 bits per heavy atom. The summed E-state index contributed by atoms with van der Waals surface area (Å²) in [6.07, 6.45) is 9.65. The van der Waals surface area contributed by atoms with Crippen molar-refractivity contribution in [1.29, 1.82) is 0 Å². The normalized spacial score (nSPS) is 22.1. The summed E-state index contributed by atoms with van der Waals surface area (Å²) >= 11 is 0. The molecule has 0 bridgehead atoms. The van der Waals surface area contributed by atoms with Crippen molar-refractivity contribution in [3.8, 4) is 11.3 Å².